The molecule has 2 rings (SSSR count). The zero-order valence-electron chi connectivity index (χ0n) is 15.3. The smallest absolute Gasteiger partial charge is 0.287 e. The first kappa shape index (κ1) is 19.5. The Balaban J connectivity index is 1.81. The summed E-state index contributed by atoms with van der Waals surface area (Å²) >= 11 is 0. The quantitative estimate of drug-likeness (QED) is 0.667. The number of amides is 2. The van der Waals surface area contributed by atoms with E-state index in [-0.39, 0.29) is 24.8 Å². The molecule has 0 aliphatic carbocycles. The second kappa shape index (κ2) is 9.62. The third kappa shape index (κ3) is 5.93. The van der Waals surface area contributed by atoms with E-state index in [4.69, 9.17) is 13.9 Å². The van der Waals surface area contributed by atoms with Crippen molar-refractivity contribution in [1.82, 2.24) is 10.6 Å². The Labute approximate surface area is 152 Å². The third-order valence-electron chi connectivity index (χ3n) is 3.62. The lowest BCUT2D eigenvalue weighted by Gasteiger charge is -2.08. The Bertz CT molecular complexity index is 754. The number of hydrogen-bond acceptors (Lipinski definition) is 5. The highest BCUT2D eigenvalue weighted by Gasteiger charge is 2.13. The van der Waals surface area contributed by atoms with Crippen LogP contribution in [0.15, 0.2) is 34.7 Å². The molecule has 0 saturated heterocycles. The van der Waals surface area contributed by atoms with Crippen molar-refractivity contribution in [2.75, 3.05) is 26.8 Å². The molecule has 0 aliphatic heterocycles. The van der Waals surface area contributed by atoms with E-state index in [1.807, 2.05) is 32.0 Å². The first-order valence-corrected chi connectivity index (χ1v) is 8.32. The standard InChI is InChI=1S/C19H24N2O5/c1-13-4-6-16(14(2)10-13)25-12-15-5-7-17(26-15)19(23)21-11-18(22)20-8-9-24-3/h4-7,10H,8-9,11-12H2,1-3H3,(H,20,22)(H,21,23). The number of carbonyl (C=O) groups is 2. The summed E-state index contributed by atoms with van der Waals surface area (Å²) in [6, 6.07) is 9.15. The maximum Gasteiger partial charge on any atom is 0.287 e. The number of nitrogens with one attached hydrogen (secondary N) is 2. The van der Waals surface area contributed by atoms with E-state index >= 15 is 0 Å². The molecule has 0 atom stereocenters. The van der Waals surface area contributed by atoms with Gasteiger partial charge in [0, 0.05) is 13.7 Å². The van der Waals surface area contributed by atoms with Crippen LogP contribution in [0.25, 0.3) is 0 Å². The van der Waals surface area contributed by atoms with Crippen molar-refractivity contribution in [1.29, 1.82) is 0 Å². The van der Waals surface area contributed by atoms with Crippen molar-refractivity contribution in [3.8, 4) is 5.75 Å². The molecule has 1 aromatic heterocycles. The number of aryl methyl sites for hydroxylation is 2. The number of hydrogen-bond donors (Lipinski definition) is 2. The second-order valence-corrected chi connectivity index (χ2v) is 5.85. The van der Waals surface area contributed by atoms with E-state index in [0.717, 1.165) is 16.9 Å². The van der Waals surface area contributed by atoms with Gasteiger partial charge in [0.2, 0.25) is 5.91 Å². The van der Waals surface area contributed by atoms with Gasteiger partial charge in [0.1, 0.15) is 18.1 Å². The van der Waals surface area contributed by atoms with Gasteiger partial charge in [-0.15, -0.1) is 0 Å². The molecule has 0 saturated carbocycles. The molecule has 2 aromatic rings. The maximum absolute atomic E-state index is 12.0. The van der Waals surface area contributed by atoms with E-state index in [1.54, 1.807) is 19.2 Å². The number of rotatable bonds is 9. The van der Waals surface area contributed by atoms with Crippen molar-refractivity contribution < 1.29 is 23.5 Å². The summed E-state index contributed by atoms with van der Waals surface area (Å²) in [6.45, 7) is 4.90. The molecular weight excluding hydrogens is 336 g/mol. The Morgan fingerprint density at radius 2 is 1.92 bits per heavy atom. The number of benzene rings is 1. The van der Waals surface area contributed by atoms with Gasteiger partial charge in [0.25, 0.3) is 5.91 Å². The number of carbonyl (C=O) groups excluding carboxylic acids is 2. The molecule has 1 aromatic carbocycles. The summed E-state index contributed by atoms with van der Waals surface area (Å²) in [4.78, 5) is 23.5. The van der Waals surface area contributed by atoms with Crippen molar-refractivity contribution in [2.45, 2.75) is 20.5 Å². The highest BCUT2D eigenvalue weighted by Crippen LogP contribution is 2.20. The maximum atomic E-state index is 12.0. The summed E-state index contributed by atoms with van der Waals surface area (Å²) < 4.78 is 16.0. The van der Waals surface area contributed by atoms with E-state index in [0.29, 0.717) is 18.9 Å². The van der Waals surface area contributed by atoms with Crippen molar-refractivity contribution in [3.63, 3.8) is 0 Å². The molecule has 0 unspecified atom stereocenters. The Morgan fingerprint density at radius 3 is 2.65 bits per heavy atom. The molecule has 7 heteroatoms. The molecule has 1 heterocycles. The SMILES string of the molecule is COCCNC(=O)CNC(=O)c1ccc(COc2ccc(C)cc2C)o1. The lowest BCUT2D eigenvalue weighted by atomic mass is 10.1. The van der Waals surface area contributed by atoms with Gasteiger partial charge in [0.15, 0.2) is 5.76 Å². The minimum absolute atomic E-state index is 0.127. The van der Waals surface area contributed by atoms with E-state index < -0.39 is 5.91 Å². The molecule has 0 fully saturated rings. The molecule has 0 aliphatic rings. The van der Waals surface area contributed by atoms with Crippen molar-refractivity contribution in [2.24, 2.45) is 0 Å². The first-order valence-electron chi connectivity index (χ1n) is 8.32. The van der Waals surface area contributed by atoms with Gasteiger partial charge >= 0.3 is 0 Å². The van der Waals surface area contributed by atoms with Crippen LogP contribution in [0, 0.1) is 13.8 Å². The zero-order valence-corrected chi connectivity index (χ0v) is 15.3. The fourth-order valence-electron chi connectivity index (χ4n) is 2.29. The molecule has 0 bridgehead atoms. The van der Waals surface area contributed by atoms with Gasteiger partial charge in [-0.3, -0.25) is 9.59 Å². The van der Waals surface area contributed by atoms with Crippen LogP contribution in [0.3, 0.4) is 0 Å². The molecule has 0 radical (unpaired) electrons. The van der Waals surface area contributed by atoms with Crippen LogP contribution in [0.1, 0.15) is 27.4 Å². The third-order valence-corrected chi connectivity index (χ3v) is 3.62. The van der Waals surface area contributed by atoms with Crippen LogP contribution in [-0.2, 0) is 16.1 Å². The largest absolute Gasteiger partial charge is 0.485 e. The lowest BCUT2D eigenvalue weighted by Crippen LogP contribution is -2.38. The predicted molar refractivity (Wildman–Crippen MR) is 96.2 cm³/mol. The predicted octanol–water partition coefficient (Wildman–Crippen LogP) is 1.97. The van der Waals surface area contributed by atoms with Gasteiger partial charge in [-0.2, -0.15) is 0 Å². The van der Waals surface area contributed by atoms with Crippen molar-refractivity contribution in [3.05, 3.63) is 53.0 Å². The van der Waals surface area contributed by atoms with Crippen LogP contribution in [-0.4, -0.2) is 38.6 Å². The molecular formula is C19H24N2O5. The summed E-state index contributed by atoms with van der Waals surface area (Å²) in [5, 5.41) is 5.12. The molecule has 140 valence electrons. The van der Waals surface area contributed by atoms with Crippen LogP contribution < -0.4 is 15.4 Å². The van der Waals surface area contributed by atoms with E-state index in [1.165, 1.54) is 0 Å². The lowest BCUT2D eigenvalue weighted by molar-refractivity contribution is -0.120. The van der Waals surface area contributed by atoms with Crippen molar-refractivity contribution >= 4 is 11.8 Å². The minimum atomic E-state index is -0.454. The fraction of sp³-hybridized carbons (Fsp3) is 0.368. The fourth-order valence-corrected chi connectivity index (χ4v) is 2.29. The van der Waals surface area contributed by atoms with E-state index in [2.05, 4.69) is 10.6 Å². The highest BCUT2D eigenvalue weighted by molar-refractivity contribution is 5.94. The number of ether oxygens (including phenoxy) is 2. The normalized spacial score (nSPS) is 10.4. The van der Waals surface area contributed by atoms with E-state index in [9.17, 15) is 9.59 Å². The van der Waals surface area contributed by atoms with Crippen LogP contribution in [0.5, 0.6) is 5.75 Å². The molecule has 0 spiro atoms. The Kier molecular flexibility index (Phi) is 7.23. The number of methoxy groups -OCH3 is 1. The monoisotopic (exact) mass is 360 g/mol. The summed E-state index contributed by atoms with van der Waals surface area (Å²) in [5.74, 6) is 0.685. The van der Waals surface area contributed by atoms with Gasteiger partial charge in [-0.1, -0.05) is 17.7 Å². The first-order chi connectivity index (χ1) is 12.5. The van der Waals surface area contributed by atoms with Gasteiger partial charge in [-0.25, -0.2) is 0 Å². The number of furan rings is 1. The van der Waals surface area contributed by atoms with Crippen LogP contribution >= 0.6 is 0 Å². The second-order valence-electron chi connectivity index (χ2n) is 5.85. The minimum Gasteiger partial charge on any atom is -0.485 e. The summed E-state index contributed by atoms with van der Waals surface area (Å²) in [7, 11) is 1.55. The average Bonchev–Trinajstić information content (AvgIpc) is 3.08. The average molecular weight is 360 g/mol. The van der Waals surface area contributed by atoms with Gasteiger partial charge in [0.05, 0.1) is 13.2 Å². The van der Waals surface area contributed by atoms with Gasteiger partial charge in [-0.05, 0) is 37.6 Å². The highest BCUT2D eigenvalue weighted by atomic mass is 16.5. The molecule has 7 nitrogen and oxygen atoms in total. The molecule has 26 heavy (non-hydrogen) atoms. The zero-order chi connectivity index (χ0) is 18.9. The Morgan fingerprint density at radius 1 is 1.12 bits per heavy atom. The topological polar surface area (TPSA) is 89.8 Å². The summed E-state index contributed by atoms with van der Waals surface area (Å²) in [5.41, 5.74) is 2.20. The van der Waals surface area contributed by atoms with Crippen LogP contribution in [0.2, 0.25) is 0 Å². The van der Waals surface area contributed by atoms with Gasteiger partial charge < -0.3 is 24.5 Å². The molecule has 2 amide bonds. The molecule has 2 N–H and O–H groups in total. The summed E-state index contributed by atoms with van der Waals surface area (Å²) in [6.07, 6.45) is 0. The Hall–Kier alpha value is -2.80. The van der Waals surface area contributed by atoms with Crippen LogP contribution in [0.4, 0.5) is 0 Å².